The fraction of sp³-hybridized carbons (Fsp3) is 0.150. The SMILES string of the molecule is O=C(Nc1c(F)cccc1F)c1ccnc(NCCCc2ccccc2)n1. The lowest BCUT2D eigenvalue weighted by Crippen LogP contribution is -2.17. The van der Waals surface area contributed by atoms with E-state index in [1.807, 2.05) is 18.2 Å². The zero-order chi connectivity index (χ0) is 19.1. The van der Waals surface area contributed by atoms with Gasteiger partial charge in [-0.2, -0.15) is 0 Å². The van der Waals surface area contributed by atoms with E-state index in [9.17, 15) is 13.6 Å². The smallest absolute Gasteiger partial charge is 0.274 e. The van der Waals surface area contributed by atoms with Crippen molar-refractivity contribution in [3.8, 4) is 0 Å². The van der Waals surface area contributed by atoms with E-state index in [4.69, 9.17) is 0 Å². The Labute approximate surface area is 155 Å². The van der Waals surface area contributed by atoms with Gasteiger partial charge in [-0.3, -0.25) is 4.79 Å². The number of carbonyl (C=O) groups is 1. The lowest BCUT2D eigenvalue weighted by Gasteiger charge is -2.08. The summed E-state index contributed by atoms with van der Waals surface area (Å²) in [4.78, 5) is 20.4. The molecule has 3 rings (SSSR count). The number of halogens is 2. The first-order chi connectivity index (χ1) is 13.1. The van der Waals surface area contributed by atoms with Gasteiger partial charge in [-0.05, 0) is 36.6 Å². The van der Waals surface area contributed by atoms with Gasteiger partial charge in [0.15, 0.2) is 0 Å². The molecule has 3 aromatic rings. The average molecular weight is 368 g/mol. The van der Waals surface area contributed by atoms with Crippen LogP contribution in [0.15, 0.2) is 60.8 Å². The number of aromatic nitrogens is 2. The Morgan fingerprint density at radius 1 is 0.963 bits per heavy atom. The molecular formula is C20H18F2N4O. The van der Waals surface area contributed by atoms with Gasteiger partial charge in [0.25, 0.3) is 5.91 Å². The van der Waals surface area contributed by atoms with Crippen LogP contribution in [0.5, 0.6) is 0 Å². The number of benzene rings is 2. The number of hydrogen-bond acceptors (Lipinski definition) is 4. The van der Waals surface area contributed by atoms with Crippen LogP contribution >= 0.6 is 0 Å². The van der Waals surface area contributed by atoms with Crippen LogP contribution in [-0.4, -0.2) is 22.4 Å². The minimum Gasteiger partial charge on any atom is -0.354 e. The van der Waals surface area contributed by atoms with E-state index >= 15 is 0 Å². The molecule has 1 aromatic heterocycles. The third-order valence-corrected chi connectivity index (χ3v) is 3.86. The summed E-state index contributed by atoms with van der Waals surface area (Å²) < 4.78 is 27.3. The van der Waals surface area contributed by atoms with Crippen LogP contribution in [0.4, 0.5) is 20.4 Å². The van der Waals surface area contributed by atoms with E-state index < -0.39 is 23.2 Å². The van der Waals surface area contributed by atoms with Gasteiger partial charge in [0.2, 0.25) is 5.95 Å². The molecule has 0 saturated heterocycles. The first kappa shape index (κ1) is 18.4. The molecular weight excluding hydrogens is 350 g/mol. The Morgan fingerprint density at radius 2 is 1.70 bits per heavy atom. The molecule has 2 N–H and O–H groups in total. The van der Waals surface area contributed by atoms with Gasteiger partial charge in [-0.25, -0.2) is 18.7 Å². The third kappa shape index (κ3) is 5.07. The summed E-state index contributed by atoms with van der Waals surface area (Å²) in [7, 11) is 0. The zero-order valence-corrected chi connectivity index (χ0v) is 14.5. The molecule has 0 aliphatic rings. The number of nitrogens with one attached hydrogen (secondary N) is 2. The molecule has 0 fully saturated rings. The summed E-state index contributed by atoms with van der Waals surface area (Å²) in [5.74, 6) is -2.13. The van der Waals surface area contributed by atoms with Crippen LogP contribution in [0.2, 0.25) is 0 Å². The highest BCUT2D eigenvalue weighted by molar-refractivity contribution is 6.03. The van der Waals surface area contributed by atoms with Crippen LogP contribution in [0.25, 0.3) is 0 Å². The Hall–Kier alpha value is -3.35. The lowest BCUT2D eigenvalue weighted by molar-refractivity contribution is 0.102. The van der Waals surface area contributed by atoms with E-state index in [1.165, 1.54) is 23.9 Å². The number of amides is 1. The fourth-order valence-corrected chi connectivity index (χ4v) is 2.50. The van der Waals surface area contributed by atoms with Crippen molar-refractivity contribution in [2.75, 3.05) is 17.2 Å². The van der Waals surface area contributed by atoms with Crippen molar-refractivity contribution in [3.05, 3.63) is 83.7 Å². The third-order valence-electron chi connectivity index (χ3n) is 3.86. The summed E-state index contributed by atoms with van der Waals surface area (Å²) in [5.41, 5.74) is 0.747. The molecule has 5 nitrogen and oxygen atoms in total. The maximum absolute atomic E-state index is 13.7. The number of rotatable bonds is 7. The van der Waals surface area contributed by atoms with Crippen LogP contribution in [0.1, 0.15) is 22.5 Å². The van der Waals surface area contributed by atoms with E-state index in [1.54, 1.807) is 0 Å². The predicted octanol–water partition coefficient (Wildman–Crippen LogP) is 4.05. The summed E-state index contributed by atoms with van der Waals surface area (Å²) in [6.45, 7) is 0.627. The highest BCUT2D eigenvalue weighted by atomic mass is 19.1. The second kappa shape index (κ2) is 8.84. The van der Waals surface area contributed by atoms with E-state index in [0.717, 1.165) is 25.0 Å². The monoisotopic (exact) mass is 368 g/mol. The van der Waals surface area contributed by atoms with Gasteiger partial charge in [0.1, 0.15) is 23.0 Å². The quantitative estimate of drug-likeness (QED) is 0.618. The minimum atomic E-state index is -0.850. The van der Waals surface area contributed by atoms with Crippen LogP contribution in [0.3, 0.4) is 0 Å². The zero-order valence-electron chi connectivity index (χ0n) is 14.5. The van der Waals surface area contributed by atoms with Gasteiger partial charge in [-0.15, -0.1) is 0 Å². The van der Waals surface area contributed by atoms with Gasteiger partial charge in [0.05, 0.1) is 0 Å². The molecule has 0 bridgehead atoms. The molecule has 7 heteroatoms. The molecule has 138 valence electrons. The molecule has 0 aliphatic heterocycles. The number of hydrogen-bond donors (Lipinski definition) is 2. The molecule has 2 aromatic carbocycles. The molecule has 0 atom stereocenters. The number of aryl methyl sites for hydroxylation is 1. The second-order valence-corrected chi connectivity index (χ2v) is 5.83. The maximum atomic E-state index is 13.7. The van der Waals surface area contributed by atoms with Crippen LogP contribution in [0, 0.1) is 11.6 Å². The molecule has 1 heterocycles. The fourth-order valence-electron chi connectivity index (χ4n) is 2.50. The molecule has 0 radical (unpaired) electrons. The van der Waals surface area contributed by atoms with Crippen molar-refractivity contribution >= 4 is 17.5 Å². The molecule has 1 amide bonds. The summed E-state index contributed by atoms with van der Waals surface area (Å²) in [6, 6.07) is 14.8. The molecule has 27 heavy (non-hydrogen) atoms. The summed E-state index contributed by atoms with van der Waals surface area (Å²) >= 11 is 0. The van der Waals surface area contributed by atoms with Crippen molar-refractivity contribution in [1.82, 2.24) is 9.97 Å². The van der Waals surface area contributed by atoms with Crippen molar-refractivity contribution in [1.29, 1.82) is 0 Å². The van der Waals surface area contributed by atoms with E-state index in [0.29, 0.717) is 6.54 Å². The highest BCUT2D eigenvalue weighted by Gasteiger charge is 2.15. The Morgan fingerprint density at radius 3 is 2.44 bits per heavy atom. The number of para-hydroxylation sites is 1. The van der Waals surface area contributed by atoms with E-state index in [2.05, 4.69) is 32.7 Å². The number of anilines is 2. The maximum Gasteiger partial charge on any atom is 0.274 e. The second-order valence-electron chi connectivity index (χ2n) is 5.83. The Balaban J connectivity index is 1.57. The molecule has 0 spiro atoms. The topological polar surface area (TPSA) is 66.9 Å². The number of carbonyl (C=O) groups excluding carboxylic acids is 1. The van der Waals surface area contributed by atoms with Crippen molar-refractivity contribution in [2.45, 2.75) is 12.8 Å². The van der Waals surface area contributed by atoms with E-state index in [-0.39, 0.29) is 11.6 Å². The molecule has 0 aliphatic carbocycles. The average Bonchev–Trinajstić information content (AvgIpc) is 2.69. The standard InChI is InChI=1S/C20H18F2N4O/c21-15-9-4-10-16(22)18(15)26-19(27)17-11-13-24-20(25-17)23-12-5-8-14-6-2-1-3-7-14/h1-4,6-7,9-11,13H,5,8,12H2,(H,26,27)(H,23,24,25). The van der Waals surface area contributed by atoms with Crippen molar-refractivity contribution < 1.29 is 13.6 Å². The Kier molecular flexibility index (Phi) is 6.04. The van der Waals surface area contributed by atoms with Gasteiger partial charge in [0, 0.05) is 12.7 Å². The lowest BCUT2D eigenvalue weighted by atomic mass is 10.1. The van der Waals surface area contributed by atoms with Gasteiger partial charge < -0.3 is 10.6 Å². The molecule has 0 unspecified atom stereocenters. The van der Waals surface area contributed by atoms with Gasteiger partial charge >= 0.3 is 0 Å². The van der Waals surface area contributed by atoms with Gasteiger partial charge in [-0.1, -0.05) is 36.4 Å². The number of nitrogens with zero attached hydrogens (tertiary/aromatic N) is 2. The summed E-state index contributed by atoms with van der Waals surface area (Å²) in [5, 5.41) is 5.25. The van der Waals surface area contributed by atoms with Crippen LogP contribution in [-0.2, 0) is 6.42 Å². The molecule has 0 saturated carbocycles. The first-order valence-corrected chi connectivity index (χ1v) is 8.49. The van der Waals surface area contributed by atoms with Crippen molar-refractivity contribution in [2.24, 2.45) is 0 Å². The highest BCUT2D eigenvalue weighted by Crippen LogP contribution is 2.18. The summed E-state index contributed by atoms with van der Waals surface area (Å²) in [6.07, 6.45) is 3.18. The van der Waals surface area contributed by atoms with Crippen LogP contribution < -0.4 is 10.6 Å². The van der Waals surface area contributed by atoms with Crippen molar-refractivity contribution in [3.63, 3.8) is 0 Å². The minimum absolute atomic E-state index is 0.0122. The Bertz CT molecular complexity index is 899. The largest absolute Gasteiger partial charge is 0.354 e. The predicted molar refractivity (Wildman–Crippen MR) is 99.6 cm³/mol. The first-order valence-electron chi connectivity index (χ1n) is 8.49. The normalized spacial score (nSPS) is 10.4.